The minimum Gasteiger partial charge on any atom is -0.374 e. The van der Waals surface area contributed by atoms with Crippen molar-refractivity contribution < 1.29 is 18.3 Å². The lowest BCUT2D eigenvalue weighted by atomic mass is 10.1. The second kappa shape index (κ2) is 13.1. The van der Waals surface area contributed by atoms with Crippen molar-refractivity contribution in [1.29, 1.82) is 0 Å². The molecule has 0 spiro atoms. The Morgan fingerprint density at radius 1 is 1.26 bits per heavy atom. The van der Waals surface area contributed by atoms with Crippen LogP contribution >= 0.6 is 22.9 Å². The third-order valence-electron chi connectivity index (χ3n) is 5.90. The summed E-state index contributed by atoms with van der Waals surface area (Å²) in [5.74, 6) is -1.49. The number of aromatic nitrogens is 1. The van der Waals surface area contributed by atoms with Gasteiger partial charge in [-0.15, -0.1) is 11.3 Å². The zero-order chi connectivity index (χ0) is 25.4. The van der Waals surface area contributed by atoms with Crippen LogP contribution in [0, 0.1) is 18.6 Å². The lowest BCUT2D eigenvalue weighted by Gasteiger charge is -2.29. The first-order valence-corrected chi connectivity index (χ1v) is 12.7. The number of thiazole rings is 1. The number of likely N-dealkylation sites (N-methyl/N-ethyl adjacent to an activating group) is 1. The van der Waals surface area contributed by atoms with Crippen LogP contribution in [0.1, 0.15) is 52.3 Å². The van der Waals surface area contributed by atoms with Gasteiger partial charge in [0.1, 0.15) is 11.6 Å². The monoisotopic (exact) mass is 521 g/mol. The van der Waals surface area contributed by atoms with E-state index in [-0.39, 0.29) is 35.1 Å². The van der Waals surface area contributed by atoms with Crippen LogP contribution in [-0.2, 0) is 11.3 Å². The summed E-state index contributed by atoms with van der Waals surface area (Å²) >= 11 is 7.57. The van der Waals surface area contributed by atoms with E-state index in [2.05, 4.69) is 22.1 Å². The number of halogens is 3. The van der Waals surface area contributed by atoms with Crippen molar-refractivity contribution in [3.8, 4) is 0 Å². The first-order chi connectivity index (χ1) is 16.8. The van der Waals surface area contributed by atoms with Gasteiger partial charge in [-0.3, -0.25) is 9.69 Å². The first-order valence-electron chi connectivity index (χ1n) is 11.5. The van der Waals surface area contributed by atoms with Gasteiger partial charge in [0, 0.05) is 18.0 Å². The number of hydrogen-bond acceptors (Lipinski definition) is 5. The molecule has 2 aromatic carbocycles. The second-order valence-electron chi connectivity index (χ2n) is 8.36. The van der Waals surface area contributed by atoms with Crippen LogP contribution in [0.2, 0.25) is 5.02 Å². The molecule has 0 aliphatic heterocycles. The van der Waals surface area contributed by atoms with E-state index in [4.69, 9.17) is 16.3 Å². The maximum Gasteiger partial charge on any atom is 0.255 e. The van der Waals surface area contributed by atoms with Gasteiger partial charge in [0.15, 0.2) is 0 Å². The summed E-state index contributed by atoms with van der Waals surface area (Å²) in [6, 6.07) is 10.4. The molecule has 3 rings (SSSR count). The summed E-state index contributed by atoms with van der Waals surface area (Å²) in [4.78, 5) is 20.2. The largest absolute Gasteiger partial charge is 0.374 e. The molecule has 0 fully saturated rings. The topological polar surface area (TPSA) is 54.5 Å². The molecule has 0 saturated carbocycles. The molecule has 5 nitrogen and oxygen atoms in total. The Kier molecular flexibility index (Phi) is 10.2. The van der Waals surface area contributed by atoms with Crippen LogP contribution in [0.15, 0.2) is 48.0 Å². The van der Waals surface area contributed by atoms with Crippen LogP contribution in [0.5, 0.6) is 0 Å². The fraction of sp³-hybridized carbons (Fsp3) is 0.385. The minimum absolute atomic E-state index is 0.00395. The van der Waals surface area contributed by atoms with Gasteiger partial charge in [-0.1, -0.05) is 36.7 Å². The SMILES string of the molecule is CCC(CCN(C)C(CNC(=O)c1c(F)cccc1Cl)c1scnc1C)OCc1cccc(F)c1. The minimum atomic E-state index is -0.657. The van der Waals surface area contributed by atoms with Gasteiger partial charge in [0.25, 0.3) is 5.91 Å². The van der Waals surface area contributed by atoms with E-state index < -0.39 is 11.7 Å². The van der Waals surface area contributed by atoms with Gasteiger partial charge in [0.2, 0.25) is 0 Å². The third kappa shape index (κ3) is 7.54. The molecule has 1 N–H and O–H groups in total. The highest BCUT2D eigenvalue weighted by atomic mass is 35.5. The molecule has 0 radical (unpaired) electrons. The van der Waals surface area contributed by atoms with Crippen molar-refractivity contribution >= 4 is 28.8 Å². The quantitative estimate of drug-likeness (QED) is 0.309. The fourth-order valence-electron chi connectivity index (χ4n) is 3.82. The molecule has 188 valence electrons. The molecular formula is C26H30ClF2N3O2S. The van der Waals surface area contributed by atoms with Crippen molar-refractivity contribution in [3.63, 3.8) is 0 Å². The van der Waals surface area contributed by atoms with Gasteiger partial charge < -0.3 is 10.1 Å². The Morgan fingerprint density at radius 2 is 2.03 bits per heavy atom. The predicted octanol–water partition coefficient (Wildman–Crippen LogP) is 6.17. The number of ether oxygens (including phenoxy) is 1. The predicted molar refractivity (Wildman–Crippen MR) is 136 cm³/mol. The number of amides is 1. The van der Waals surface area contributed by atoms with E-state index >= 15 is 0 Å². The molecule has 0 aliphatic rings. The summed E-state index contributed by atoms with van der Waals surface area (Å²) in [6.45, 7) is 5.29. The molecule has 1 heterocycles. The number of carbonyl (C=O) groups excluding carboxylic acids is 1. The number of benzene rings is 2. The van der Waals surface area contributed by atoms with E-state index in [0.717, 1.165) is 29.0 Å². The zero-order valence-corrected chi connectivity index (χ0v) is 21.6. The normalized spacial score (nSPS) is 13.1. The highest BCUT2D eigenvalue weighted by Gasteiger charge is 2.24. The average molecular weight is 522 g/mol. The van der Waals surface area contributed by atoms with E-state index in [0.29, 0.717) is 13.2 Å². The van der Waals surface area contributed by atoms with Crippen LogP contribution in [0.25, 0.3) is 0 Å². The standard InChI is InChI=1S/C26H30ClF2N3O2S/c1-4-20(34-15-18-7-5-8-19(28)13-18)11-12-32(3)23(25-17(2)31-16-35-25)14-30-26(33)24-21(27)9-6-10-22(24)29/h5-10,13,16,20,23H,4,11-12,14-15H2,1-3H3,(H,30,33). The number of aryl methyl sites for hydroxylation is 1. The Hall–Kier alpha value is -2.39. The molecular weight excluding hydrogens is 492 g/mol. The maximum atomic E-state index is 14.2. The van der Waals surface area contributed by atoms with E-state index in [1.165, 1.54) is 41.7 Å². The number of rotatable bonds is 12. The number of nitrogens with one attached hydrogen (secondary N) is 1. The van der Waals surface area contributed by atoms with Crippen molar-refractivity contribution in [2.24, 2.45) is 0 Å². The summed E-state index contributed by atoms with van der Waals surface area (Å²) in [5, 5.41) is 2.91. The number of hydrogen-bond donors (Lipinski definition) is 1. The van der Waals surface area contributed by atoms with E-state index in [9.17, 15) is 13.6 Å². The number of nitrogens with zero attached hydrogens (tertiary/aromatic N) is 2. The lowest BCUT2D eigenvalue weighted by Crippen LogP contribution is -2.37. The third-order valence-corrected chi connectivity index (χ3v) is 7.24. The maximum absolute atomic E-state index is 14.2. The molecule has 0 bridgehead atoms. The molecule has 0 saturated heterocycles. The highest BCUT2D eigenvalue weighted by molar-refractivity contribution is 7.09. The van der Waals surface area contributed by atoms with Crippen LogP contribution in [0.4, 0.5) is 8.78 Å². The molecule has 9 heteroatoms. The molecule has 1 aromatic heterocycles. The number of carbonyl (C=O) groups is 1. The Bertz CT molecular complexity index is 1110. The smallest absolute Gasteiger partial charge is 0.255 e. The average Bonchev–Trinajstić information content (AvgIpc) is 3.24. The van der Waals surface area contributed by atoms with Crippen molar-refractivity contribution in [2.75, 3.05) is 20.1 Å². The summed E-state index contributed by atoms with van der Waals surface area (Å²) in [7, 11) is 1.98. The van der Waals surface area contributed by atoms with E-state index in [1.54, 1.807) is 11.6 Å². The van der Waals surface area contributed by atoms with Crippen molar-refractivity contribution in [2.45, 2.75) is 45.4 Å². The fourth-order valence-corrected chi connectivity index (χ4v) is 5.04. The second-order valence-corrected chi connectivity index (χ2v) is 9.66. The van der Waals surface area contributed by atoms with E-state index in [1.807, 2.05) is 20.0 Å². The van der Waals surface area contributed by atoms with Crippen LogP contribution < -0.4 is 5.32 Å². The van der Waals surface area contributed by atoms with Crippen molar-refractivity contribution in [3.05, 3.63) is 86.3 Å². The molecule has 2 atom stereocenters. The van der Waals surface area contributed by atoms with Gasteiger partial charge in [0.05, 0.1) is 40.5 Å². The summed E-state index contributed by atoms with van der Waals surface area (Å²) in [5.41, 5.74) is 3.30. The Balaban J connectivity index is 1.63. The summed E-state index contributed by atoms with van der Waals surface area (Å²) in [6.07, 6.45) is 1.57. The molecule has 1 amide bonds. The van der Waals surface area contributed by atoms with Crippen LogP contribution in [0.3, 0.4) is 0 Å². The first kappa shape index (κ1) is 27.2. The van der Waals surface area contributed by atoms with Crippen LogP contribution in [-0.4, -0.2) is 42.0 Å². The van der Waals surface area contributed by atoms with Gasteiger partial charge in [-0.25, -0.2) is 13.8 Å². The Morgan fingerprint density at radius 3 is 2.69 bits per heavy atom. The molecule has 35 heavy (non-hydrogen) atoms. The Labute approximate surface area is 214 Å². The van der Waals surface area contributed by atoms with Crippen molar-refractivity contribution in [1.82, 2.24) is 15.2 Å². The van der Waals surface area contributed by atoms with Gasteiger partial charge in [-0.05, 0) is 56.6 Å². The van der Waals surface area contributed by atoms with Gasteiger partial charge >= 0.3 is 0 Å². The highest BCUT2D eigenvalue weighted by Crippen LogP contribution is 2.27. The lowest BCUT2D eigenvalue weighted by molar-refractivity contribution is 0.0246. The summed E-state index contributed by atoms with van der Waals surface area (Å²) < 4.78 is 33.7. The zero-order valence-electron chi connectivity index (χ0n) is 20.1. The van der Waals surface area contributed by atoms with Gasteiger partial charge in [-0.2, -0.15) is 0 Å². The molecule has 0 aliphatic carbocycles. The molecule has 3 aromatic rings. The molecule has 2 unspecified atom stereocenters.